The van der Waals surface area contributed by atoms with E-state index in [2.05, 4.69) is 15.3 Å². The second kappa shape index (κ2) is 5.43. The van der Waals surface area contributed by atoms with Crippen molar-refractivity contribution in [2.75, 3.05) is 18.5 Å². The first kappa shape index (κ1) is 13.2. The van der Waals surface area contributed by atoms with Crippen LogP contribution in [0.5, 0.6) is 0 Å². The van der Waals surface area contributed by atoms with E-state index >= 15 is 0 Å². The molecule has 5 nitrogen and oxygen atoms in total. The minimum Gasteiger partial charge on any atom is -0.394 e. The molecule has 0 fully saturated rings. The molecular weight excluding hydrogens is 230 g/mol. The van der Waals surface area contributed by atoms with Crippen molar-refractivity contribution in [2.24, 2.45) is 0 Å². The van der Waals surface area contributed by atoms with Crippen molar-refractivity contribution in [1.29, 1.82) is 0 Å². The van der Waals surface area contributed by atoms with Gasteiger partial charge in [0.1, 0.15) is 5.82 Å². The van der Waals surface area contributed by atoms with Crippen LogP contribution in [0.25, 0.3) is 0 Å². The van der Waals surface area contributed by atoms with Gasteiger partial charge in [-0.25, -0.2) is 9.97 Å². The van der Waals surface area contributed by atoms with E-state index in [9.17, 15) is 10.2 Å². The van der Waals surface area contributed by atoms with E-state index in [1.165, 1.54) is 0 Å². The molecule has 1 aromatic rings. The van der Waals surface area contributed by atoms with Gasteiger partial charge in [-0.3, -0.25) is 0 Å². The molecule has 3 N–H and O–H groups in total. The Labute approximate surface area is 99.5 Å². The number of hydrogen-bond acceptors (Lipinski definition) is 5. The number of aliphatic hydroxyl groups excluding tert-OH is 2. The molecule has 0 saturated heterocycles. The van der Waals surface area contributed by atoms with Crippen molar-refractivity contribution in [3.63, 3.8) is 0 Å². The first-order valence-electron chi connectivity index (χ1n) is 5.06. The predicted octanol–water partition coefficient (Wildman–Crippen LogP) is 0.984. The Balaban J connectivity index is 2.93. The lowest BCUT2D eigenvalue weighted by atomic mass is 9.98. The van der Waals surface area contributed by atoms with Crippen LogP contribution in [0.3, 0.4) is 0 Å². The highest BCUT2D eigenvalue weighted by Crippen LogP contribution is 2.18. The summed E-state index contributed by atoms with van der Waals surface area (Å²) in [7, 11) is 0. The summed E-state index contributed by atoms with van der Waals surface area (Å²) >= 11 is 5.72. The number of nitrogens with zero attached hydrogens (tertiary/aromatic N) is 2. The molecule has 0 aliphatic rings. The van der Waals surface area contributed by atoms with Crippen LogP contribution in [0.15, 0.2) is 6.07 Å². The largest absolute Gasteiger partial charge is 0.394 e. The van der Waals surface area contributed by atoms with Crippen LogP contribution < -0.4 is 5.32 Å². The number of anilines is 1. The summed E-state index contributed by atoms with van der Waals surface area (Å²) in [6, 6.07) is 1.71. The Morgan fingerprint density at radius 1 is 1.38 bits per heavy atom. The minimum atomic E-state index is -0.774. The van der Waals surface area contributed by atoms with E-state index in [1.54, 1.807) is 13.0 Å². The van der Waals surface area contributed by atoms with Gasteiger partial charge in [-0.2, -0.15) is 0 Å². The molecule has 0 aliphatic heterocycles. The standard InChI is InChI=1S/C10H16ClN3O2/c1-3-10(5-15,6-16)14-8-4-7(2)12-9(11)13-8/h4,15-16H,3,5-6H2,1-2H3,(H,12,13,14). The normalized spacial score (nSPS) is 11.6. The molecule has 16 heavy (non-hydrogen) atoms. The molecule has 0 unspecified atom stereocenters. The lowest BCUT2D eigenvalue weighted by Crippen LogP contribution is -2.45. The summed E-state index contributed by atoms with van der Waals surface area (Å²) in [6.45, 7) is 3.31. The predicted molar refractivity (Wildman–Crippen MR) is 62.6 cm³/mol. The third-order valence-corrected chi connectivity index (χ3v) is 2.67. The smallest absolute Gasteiger partial charge is 0.224 e. The van der Waals surface area contributed by atoms with Crippen LogP contribution >= 0.6 is 11.6 Å². The van der Waals surface area contributed by atoms with E-state index in [0.717, 1.165) is 5.69 Å². The zero-order valence-corrected chi connectivity index (χ0v) is 10.1. The fourth-order valence-electron chi connectivity index (χ4n) is 1.31. The molecule has 0 spiro atoms. The topological polar surface area (TPSA) is 78.3 Å². The van der Waals surface area contributed by atoms with Crippen LogP contribution in [0, 0.1) is 6.92 Å². The fourth-order valence-corrected chi connectivity index (χ4v) is 1.53. The molecule has 1 heterocycles. The fraction of sp³-hybridized carbons (Fsp3) is 0.600. The van der Waals surface area contributed by atoms with Crippen molar-refractivity contribution in [3.05, 3.63) is 17.0 Å². The molecule has 1 rings (SSSR count). The van der Waals surface area contributed by atoms with E-state index in [4.69, 9.17) is 11.6 Å². The average Bonchev–Trinajstić information content (AvgIpc) is 2.25. The van der Waals surface area contributed by atoms with Crippen LogP contribution in [0.4, 0.5) is 5.82 Å². The van der Waals surface area contributed by atoms with Crippen molar-refractivity contribution in [2.45, 2.75) is 25.8 Å². The summed E-state index contributed by atoms with van der Waals surface area (Å²) in [5.74, 6) is 0.502. The van der Waals surface area contributed by atoms with Gasteiger partial charge < -0.3 is 15.5 Å². The highest BCUT2D eigenvalue weighted by molar-refractivity contribution is 6.28. The lowest BCUT2D eigenvalue weighted by Gasteiger charge is -2.30. The van der Waals surface area contributed by atoms with Gasteiger partial charge in [0.2, 0.25) is 5.28 Å². The van der Waals surface area contributed by atoms with Crippen LogP contribution in [0.1, 0.15) is 19.0 Å². The number of aromatic nitrogens is 2. The summed E-state index contributed by atoms with van der Waals surface area (Å²) in [5, 5.41) is 21.7. The van der Waals surface area contributed by atoms with Crippen LogP contribution in [-0.2, 0) is 0 Å². The number of rotatable bonds is 5. The highest BCUT2D eigenvalue weighted by atomic mass is 35.5. The Morgan fingerprint density at radius 2 is 2.00 bits per heavy atom. The van der Waals surface area contributed by atoms with E-state index in [-0.39, 0.29) is 18.5 Å². The zero-order chi connectivity index (χ0) is 12.2. The number of halogens is 1. The second-order valence-corrected chi connectivity index (χ2v) is 4.08. The van der Waals surface area contributed by atoms with Crippen molar-refractivity contribution in [1.82, 2.24) is 9.97 Å². The van der Waals surface area contributed by atoms with E-state index < -0.39 is 5.54 Å². The maximum atomic E-state index is 9.28. The van der Waals surface area contributed by atoms with Gasteiger partial charge >= 0.3 is 0 Å². The minimum absolute atomic E-state index is 0.142. The number of nitrogens with one attached hydrogen (secondary N) is 1. The highest BCUT2D eigenvalue weighted by Gasteiger charge is 2.26. The molecule has 6 heteroatoms. The Kier molecular flexibility index (Phi) is 4.46. The van der Waals surface area contributed by atoms with Gasteiger partial charge in [0, 0.05) is 11.8 Å². The number of aryl methyl sites for hydroxylation is 1. The summed E-state index contributed by atoms with van der Waals surface area (Å²) < 4.78 is 0. The Hall–Kier alpha value is -0.910. The maximum absolute atomic E-state index is 9.28. The summed E-state index contributed by atoms with van der Waals surface area (Å²) in [5.41, 5.74) is -0.0483. The average molecular weight is 246 g/mol. The van der Waals surface area contributed by atoms with Crippen molar-refractivity contribution < 1.29 is 10.2 Å². The summed E-state index contributed by atoms with van der Waals surface area (Å²) in [6.07, 6.45) is 0.570. The lowest BCUT2D eigenvalue weighted by molar-refractivity contribution is 0.132. The molecule has 0 aromatic carbocycles. The molecule has 0 atom stereocenters. The Morgan fingerprint density at radius 3 is 2.44 bits per heavy atom. The number of hydrogen-bond donors (Lipinski definition) is 3. The van der Waals surface area contributed by atoms with Crippen LogP contribution in [0.2, 0.25) is 5.28 Å². The van der Waals surface area contributed by atoms with Gasteiger partial charge in [-0.05, 0) is 24.9 Å². The molecule has 0 aliphatic carbocycles. The van der Waals surface area contributed by atoms with E-state index in [1.807, 2.05) is 6.92 Å². The quantitative estimate of drug-likeness (QED) is 0.674. The van der Waals surface area contributed by atoms with Crippen LogP contribution in [-0.4, -0.2) is 38.9 Å². The second-order valence-electron chi connectivity index (χ2n) is 3.74. The zero-order valence-electron chi connectivity index (χ0n) is 9.37. The first-order chi connectivity index (χ1) is 7.55. The van der Waals surface area contributed by atoms with Crippen molar-refractivity contribution >= 4 is 17.4 Å². The van der Waals surface area contributed by atoms with Gasteiger partial charge in [0.15, 0.2) is 0 Å². The third-order valence-electron chi connectivity index (χ3n) is 2.50. The van der Waals surface area contributed by atoms with Gasteiger partial charge in [-0.15, -0.1) is 0 Å². The monoisotopic (exact) mass is 245 g/mol. The molecule has 0 saturated carbocycles. The molecule has 1 aromatic heterocycles. The van der Waals surface area contributed by atoms with Gasteiger partial charge in [0.25, 0.3) is 0 Å². The first-order valence-corrected chi connectivity index (χ1v) is 5.44. The number of aliphatic hydroxyl groups is 2. The Bertz CT molecular complexity index is 327. The SMILES string of the molecule is CCC(CO)(CO)Nc1cc(C)nc(Cl)n1. The van der Waals surface area contributed by atoms with Gasteiger partial charge in [0.05, 0.1) is 18.8 Å². The maximum Gasteiger partial charge on any atom is 0.224 e. The molecule has 90 valence electrons. The molecule has 0 amide bonds. The molecular formula is C10H16ClN3O2. The third kappa shape index (κ3) is 3.04. The van der Waals surface area contributed by atoms with Gasteiger partial charge in [-0.1, -0.05) is 6.92 Å². The van der Waals surface area contributed by atoms with E-state index in [0.29, 0.717) is 12.2 Å². The van der Waals surface area contributed by atoms with Crippen molar-refractivity contribution in [3.8, 4) is 0 Å². The molecule has 0 radical (unpaired) electrons. The molecule has 0 bridgehead atoms. The summed E-state index contributed by atoms with van der Waals surface area (Å²) in [4.78, 5) is 7.91.